The van der Waals surface area contributed by atoms with Gasteiger partial charge < -0.3 is 9.73 Å². The van der Waals surface area contributed by atoms with Crippen molar-refractivity contribution in [2.75, 3.05) is 5.32 Å². The van der Waals surface area contributed by atoms with Crippen molar-refractivity contribution < 1.29 is 4.42 Å². The largest absolute Gasteiger partial charge is 0.454 e. The van der Waals surface area contributed by atoms with Crippen LogP contribution in [0.1, 0.15) is 0 Å². The highest BCUT2D eigenvalue weighted by Crippen LogP contribution is 2.38. The first-order chi connectivity index (χ1) is 12.9. The van der Waals surface area contributed by atoms with Gasteiger partial charge >= 0.3 is 0 Å². The fourth-order valence-electron chi connectivity index (χ4n) is 3.39. The predicted molar refractivity (Wildman–Crippen MR) is 109 cm³/mol. The molecule has 0 radical (unpaired) electrons. The van der Waals surface area contributed by atoms with Crippen LogP contribution >= 0.6 is 0 Å². The Hall–Kier alpha value is -3.52. The number of anilines is 2. The van der Waals surface area contributed by atoms with Crippen molar-refractivity contribution in [1.82, 2.24) is 0 Å². The van der Waals surface area contributed by atoms with Crippen LogP contribution in [0.2, 0.25) is 0 Å². The van der Waals surface area contributed by atoms with Gasteiger partial charge in [0.2, 0.25) is 0 Å². The Morgan fingerprint density at radius 1 is 0.577 bits per heavy atom. The maximum atomic E-state index is 6.18. The van der Waals surface area contributed by atoms with Crippen LogP contribution in [0.25, 0.3) is 33.1 Å². The summed E-state index contributed by atoms with van der Waals surface area (Å²) < 4.78 is 6.18. The summed E-state index contributed by atoms with van der Waals surface area (Å²) in [5.41, 5.74) is 6.17. The number of rotatable bonds is 3. The van der Waals surface area contributed by atoms with Gasteiger partial charge in [0.25, 0.3) is 0 Å². The standard InChI is InChI=1S/C24H17NO/c1-3-9-17(10-4-1)18-15-21-20-13-7-8-14-23(20)26-24(21)22(16-18)25-19-11-5-2-6-12-19/h1-16,25H. The number of hydrogen-bond donors (Lipinski definition) is 1. The van der Waals surface area contributed by atoms with Gasteiger partial charge in [-0.25, -0.2) is 0 Å². The summed E-state index contributed by atoms with van der Waals surface area (Å²) in [5, 5.41) is 5.79. The van der Waals surface area contributed by atoms with Crippen LogP contribution in [0.5, 0.6) is 0 Å². The first-order valence-corrected chi connectivity index (χ1v) is 8.71. The zero-order valence-electron chi connectivity index (χ0n) is 14.1. The van der Waals surface area contributed by atoms with Crippen LogP contribution in [-0.2, 0) is 0 Å². The smallest absolute Gasteiger partial charge is 0.158 e. The first-order valence-electron chi connectivity index (χ1n) is 8.71. The minimum absolute atomic E-state index is 0.884. The van der Waals surface area contributed by atoms with Gasteiger partial charge in [-0.05, 0) is 41.5 Å². The van der Waals surface area contributed by atoms with Crippen LogP contribution in [0, 0.1) is 0 Å². The average Bonchev–Trinajstić information content (AvgIpc) is 3.09. The van der Waals surface area contributed by atoms with Crippen molar-refractivity contribution in [3.8, 4) is 11.1 Å². The Balaban J connectivity index is 1.78. The minimum Gasteiger partial charge on any atom is -0.454 e. The molecule has 4 aromatic carbocycles. The topological polar surface area (TPSA) is 25.2 Å². The Morgan fingerprint density at radius 3 is 2.08 bits per heavy atom. The molecule has 0 aliphatic heterocycles. The van der Waals surface area contributed by atoms with Crippen molar-refractivity contribution in [3.63, 3.8) is 0 Å². The van der Waals surface area contributed by atoms with Gasteiger partial charge in [0.1, 0.15) is 5.58 Å². The molecule has 124 valence electrons. The summed E-state index contributed by atoms with van der Waals surface area (Å²) in [4.78, 5) is 0. The van der Waals surface area contributed by atoms with Crippen molar-refractivity contribution >= 4 is 33.3 Å². The highest BCUT2D eigenvalue weighted by molar-refractivity contribution is 6.11. The van der Waals surface area contributed by atoms with Crippen LogP contribution in [0.3, 0.4) is 0 Å². The molecule has 0 spiro atoms. The zero-order chi connectivity index (χ0) is 17.3. The van der Waals surface area contributed by atoms with E-state index in [1.165, 1.54) is 11.1 Å². The normalized spacial score (nSPS) is 11.1. The second-order valence-corrected chi connectivity index (χ2v) is 6.36. The molecule has 2 nitrogen and oxygen atoms in total. The monoisotopic (exact) mass is 335 g/mol. The van der Waals surface area contributed by atoms with Gasteiger partial charge in [0, 0.05) is 16.5 Å². The van der Waals surface area contributed by atoms with Crippen LogP contribution in [0.15, 0.2) is 101 Å². The van der Waals surface area contributed by atoms with Gasteiger partial charge in [-0.3, -0.25) is 0 Å². The molecule has 0 atom stereocenters. The lowest BCUT2D eigenvalue weighted by Gasteiger charge is -2.10. The van der Waals surface area contributed by atoms with Crippen LogP contribution < -0.4 is 5.32 Å². The Kier molecular flexibility index (Phi) is 3.46. The van der Waals surface area contributed by atoms with E-state index in [0.29, 0.717) is 0 Å². The van der Waals surface area contributed by atoms with E-state index >= 15 is 0 Å². The SMILES string of the molecule is c1ccc(Nc2cc(-c3ccccc3)cc3c2oc2ccccc23)cc1. The van der Waals surface area contributed by atoms with E-state index in [1.54, 1.807) is 0 Å². The van der Waals surface area contributed by atoms with E-state index in [0.717, 1.165) is 33.3 Å². The quantitative estimate of drug-likeness (QED) is 0.384. The third-order valence-electron chi connectivity index (χ3n) is 4.64. The lowest BCUT2D eigenvalue weighted by molar-refractivity contribution is 0.670. The summed E-state index contributed by atoms with van der Waals surface area (Å²) in [6.45, 7) is 0. The number of furan rings is 1. The van der Waals surface area contributed by atoms with Gasteiger partial charge in [0.05, 0.1) is 5.69 Å². The van der Waals surface area contributed by atoms with E-state index in [9.17, 15) is 0 Å². The van der Waals surface area contributed by atoms with E-state index in [2.05, 4.69) is 66.0 Å². The molecule has 0 aliphatic carbocycles. The molecule has 2 heteroatoms. The number of benzene rings is 4. The van der Waals surface area contributed by atoms with Crippen molar-refractivity contribution in [2.24, 2.45) is 0 Å². The Morgan fingerprint density at radius 2 is 1.27 bits per heavy atom. The summed E-state index contributed by atoms with van der Waals surface area (Å²) in [7, 11) is 0. The summed E-state index contributed by atoms with van der Waals surface area (Å²) >= 11 is 0. The molecule has 0 aliphatic rings. The third kappa shape index (κ3) is 2.52. The summed E-state index contributed by atoms with van der Waals surface area (Å²) in [6.07, 6.45) is 0. The lowest BCUT2D eigenvalue weighted by atomic mass is 10.0. The molecule has 0 amide bonds. The third-order valence-corrected chi connectivity index (χ3v) is 4.64. The summed E-state index contributed by atoms with van der Waals surface area (Å²) in [6, 6.07) is 33.2. The molecular weight excluding hydrogens is 318 g/mol. The van der Waals surface area contributed by atoms with Crippen molar-refractivity contribution in [3.05, 3.63) is 97.1 Å². The first kappa shape index (κ1) is 14.8. The van der Waals surface area contributed by atoms with E-state index in [1.807, 2.05) is 36.4 Å². The van der Waals surface area contributed by atoms with Gasteiger partial charge in [-0.15, -0.1) is 0 Å². The number of hydrogen-bond acceptors (Lipinski definition) is 2. The number of nitrogens with one attached hydrogen (secondary N) is 1. The number of para-hydroxylation sites is 2. The van der Waals surface area contributed by atoms with Gasteiger partial charge in [-0.1, -0.05) is 66.7 Å². The minimum atomic E-state index is 0.884. The zero-order valence-corrected chi connectivity index (χ0v) is 14.1. The summed E-state index contributed by atoms with van der Waals surface area (Å²) in [5.74, 6) is 0. The molecule has 0 saturated heterocycles. The van der Waals surface area contributed by atoms with Gasteiger partial charge in [-0.2, -0.15) is 0 Å². The molecule has 5 aromatic rings. The molecule has 0 bridgehead atoms. The molecular formula is C24H17NO. The fraction of sp³-hybridized carbons (Fsp3) is 0. The Bertz CT molecular complexity index is 1190. The lowest BCUT2D eigenvalue weighted by Crippen LogP contribution is -1.91. The molecule has 0 saturated carbocycles. The molecule has 1 aromatic heterocycles. The average molecular weight is 335 g/mol. The van der Waals surface area contributed by atoms with E-state index in [-0.39, 0.29) is 0 Å². The maximum Gasteiger partial charge on any atom is 0.158 e. The molecule has 0 unspecified atom stereocenters. The highest BCUT2D eigenvalue weighted by Gasteiger charge is 2.13. The molecule has 26 heavy (non-hydrogen) atoms. The van der Waals surface area contributed by atoms with Crippen LogP contribution in [-0.4, -0.2) is 0 Å². The van der Waals surface area contributed by atoms with Gasteiger partial charge in [0.15, 0.2) is 5.58 Å². The number of fused-ring (bicyclic) bond motifs is 3. The van der Waals surface area contributed by atoms with Crippen molar-refractivity contribution in [2.45, 2.75) is 0 Å². The predicted octanol–water partition coefficient (Wildman–Crippen LogP) is 7.00. The van der Waals surface area contributed by atoms with E-state index in [4.69, 9.17) is 4.42 Å². The van der Waals surface area contributed by atoms with Crippen LogP contribution in [0.4, 0.5) is 11.4 Å². The van der Waals surface area contributed by atoms with E-state index < -0.39 is 0 Å². The molecule has 5 rings (SSSR count). The molecule has 1 heterocycles. The van der Waals surface area contributed by atoms with Crippen molar-refractivity contribution in [1.29, 1.82) is 0 Å². The molecule has 0 fully saturated rings. The molecule has 1 N–H and O–H groups in total. The second-order valence-electron chi connectivity index (χ2n) is 6.36. The fourth-order valence-corrected chi connectivity index (χ4v) is 3.39. The highest BCUT2D eigenvalue weighted by atomic mass is 16.3. The Labute approximate surface area is 151 Å². The maximum absolute atomic E-state index is 6.18. The second kappa shape index (κ2) is 6.08.